The predicted molar refractivity (Wildman–Crippen MR) is 68.8 cm³/mol. The molecule has 0 saturated heterocycles. The molecule has 2 aromatic carbocycles. The van der Waals surface area contributed by atoms with E-state index in [4.69, 9.17) is 0 Å². The van der Waals surface area contributed by atoms with Crippen molar-refractivity contribution in [2.24, 2.45) is 0 Å². The monoisotopic (exact) mass is 230 g/mol. The third kappa shape index (κ3) is 2.80. The molecule has 0 aliphatic rings. The summed E-state index contributed by atoms with van der Waals surface area (Å²) in [6.45, 7) is 2.08. The molecule has 2 aromatic rings. The van der Waals surface area contributed by atoms with E-state index in [9.17, 15) is 5.11 Å². The average molecular weight is 230 g/mol. The third-order valence-corrected chi connectivity index (χ3v) is 3.47. The Hall–Kier alpha value is -1.41. The topological polar surface area (TPSA) is 20.2 Å². The first kappa shape index (κ1) is 11.1. The summed E-state index contributed by atoms with van der Waals surface area (Å²) in [5.41, 5.74) is 2.25. The Morgan fingerprint density at radius 3 is 2.38 bits per heavy atom. The lowest BCUT2D eigenvalue weighted by molar-refractivity contribution is 0.470. The highest BCUT2D eigenvalue weighted by Crippen LogP contribution is 2.27. The van der Waals surface area contributed by atoms with Crippen molar-refractivity contribution in [1.29, 1.82) is 0 Å². The number of hydrogen-bond donors (Lipinski definition) is 1. The quantitative estimate of drug-likeness (QED) is 0.804. The summed E-state index contributed by atoms with van der Waals surface area (Å²) in [4.78, 5) is 1.23. The van der Waals surface area contributed by atoms with E-state index in [1.165, 1.54) is 10.5 Å². The number of aromatic hydroxyl groups is 1. The molecule has 0 saturated carbocycles. The fraction of sp³-hybridized carbons (Fsp3) is 0.143. The molecule has 0 aliphatic heterocycles. The SMILES string of the molecule is Cc1ccc(SCc2ccccc2O)cc1. The van der Waals surface area contributed by atoms with Gasteiger partial charge in [0, 0.05) is 16.2 Å². The third-order valence-electron chi connectivity index (χ3n) is 2.41. The summed E-state index contributed by atoms with van der Waals surface area (Å²) in [6, 6.07) is 15.9. The van der Waals surface area contributed by atoms with Gasteiger partial charge in [-0.3, -0.25) is 0 Å². The van der Waals surface area contributed by atoms with E-state index in [0.29, 0.717) is 5.75 Å². The molecule has 0 aliphatic carbocycles. The molecule has 1 N–H and O–H groups in total. The van der Waals surface area contributed by atoms with Crippen LogP contribution in [0.25, 0.3) is 0 Å². The summed E-state index contributed by atoms with van der Waals surface area (Å²) in [5.74, 6) is 1.18. The van der Waals surface area contributed by atoms with Crippen LogP contribution in [0.5, 0.6) is 5.75 Å². The van der Waals surface area contributed by atoms with Crippen molar-refractivity contribution >= 4 is 11.8 Å². The van der Waals surface area contributed by atoms with Crippen LogP contribution in [-0.2, 0) is 5.75 Å². The zero-order chi connectivity index (χ0) is 11.4. The van der Waals surface area contributed by atoms with E-state index in [2.05, 4.69) is 31.2 Å². The van der Waals surface area contributed by atoms with Gasteiger partial charge >= 0.3 is 0 Å². The summed E-state index contributed by atoms with van der Waals surface area (Å²) in [6.07, 6.45) is 0. The van der Waals surface area contributed by atoms with E-state index in [0.717, 1.165) is 11.3 Å². The van der Waals surface area contributed by atoms with Crippen LogP contribution in [0.1, 0.15) is 11.1 Å². The zero-order valence-electron chi connectivity index (χ0n) is 9.18. The lowest BCUT2D eigenvalue weighted by Crippen LogP contribution is -1.81. The summed E-state index contributed by atoms with van der Waals surface area (Å²) in [7, 11) is 0. The largest absolute Gasteiger partial charge is 0.508 e. The lowest BCUT2D eigenvalue weighted by atomic mass is 10.2. The van der Waals surface area contributed by atoms with E-state index in [-0.39, 0.29) is 0 Å². The molecule has 0 atom stereocenters. The number of rotatable bonds is 3. The Morgan fingerprint density at radius 1 is 1.00 bits per heavy atom. The van der Waals surface area contributed by atoms with Crippen molar-refractivity contribution in [2.45, 2.75) is 17.6 Å². The Labute approximate surface area is 100 Å². The molecule has 1 nitrogen and oxygen atoms in total. The molecule has 0 bridgehead atoms. The van der Waals surface area contributed by atoms with Gasteiger partial charge in [0.05, 0.1) is 0 Å². The second-order valence-electron chi connectivity index (χ2n) is 3.73. The van der Waals surface area contributed by atoms with Crippen LogP contribution >= 0.6 is 11.8 Å². The maximum Gasteiger partial charge on any atom is 0.119 e. The van der Waals surface area contributed by atoms with Crippen molar-refractivity contribution < 1.29 is 5.11 Å². The molecule has 2 rings (SSSR count). The van der Waals surface area contributed by atoms with Crippen molar-refractivity contribution in [3.05, 3.63) is 59.7 Å². The second-order valence-corrected chi connectivity index (χ2v) is 4.78. The molecule has 0 aromatic heterocycles. The van der Waals surface area contributed by atoms with E-state index >= 15 is 0 Å². The summed E-state index contributed by atoms with van der Waals surface area (Å²) < 4.78 is 0. The van der Waals surface area contributed by atoms with Crippen LogP contribution in [0.3, 0.4) is 0 Å². The van der Waals surface area contributed by atoms with Crippen LogP contribution < -0.4 is 0 Å². The number of phenolic OH excluding ortho intramolecular Hbond substituents is 1. The smallest absolute Gasteiger partial charge is 0.119 e. The highest BCUT2D eigenvalue weighted by atomic mass is 32.2. The van der Waals surface area contributed by atoms with Gasteiger partial charge in [0.1, 0.15) is 5.75 Å². The van der Waals surface area contributed by atoms with Gasteiger partial charge < -0.3 is 5.11 Å². The number of para-hydroxylation sites is 1. The molecule has 0 fully saturated rings. The van der Waals surface area contributed by atoms with Crippen molar-refractivity contribution in [2.75, 3.05) is 0 Å². The Bertz CT molecular complexity index is 462. The van der Waals surface area contributed by atoms with Crippen LogP contribution in [-0.4, -0.2) is 5.11 Å². The molecular formula is C14H14OS. The molecule has 82 valence electrons. The minimum absolute atomic E-state index is 0.377. The van der Waals surface area contributed by atoms with Crippen LogP contribution in [0.4, 0.5) is 0 Å². The number of hydrogen-bond acceptors (Lipinski definition) is 2. The Morgan fingerprint density at radius 2 is 1.69 bits per heavy atom. The van der Waals surface area contributed by atoms with E-state index in [1.54, 1.807) is 17.8 Å². The van der Waals surface area contributed by atoms with Gasteiger partial charge in [-0.25, -0.2) is 0 Å². The van der Waals surface area contributed by atoms with Crippen LogP contribution in [0, 0.1) is 6.92 Å². The van der Waals surface area contributed by atoms with E-state index in [1.807, 2.05) is 18.2 Å². The van der Waals surface area contributed by atoms with Gasteiger partial charge in [-0.1, -0.05) is 35.9 Å². The van der Waals surface area contributed by atoms with Gasteiger partial charge in [0.25, 0.3) is 0 Å². The van der Waals surface area contributed by atoms with Crippen molar-refractivity contribution in [3.63, 3.8) is 0 Å². The fourth-order valence-corrected chi connectivity index (χ4v) is 2.32. The van der Waals surface area contributed by atoms with E-state index < -0.39 is 0 Å². The van der Waals surface area contributed by atoms with Crippen LogP contribution in [0.15, 0.2) is 53.4 Å². The first-order chi connectivity index (χ1) is 7.75. The standard InChI is InChI=1S/C14H14OS/c1-11-6-8-13(9-7-11)16-10-12-4-2-3-5-14(12)15/h2-9,15H,10H2,1H3. The zero-order valence-corrected chi connectivity index (χ0v) is 10.00. The molecule has 2 heteroatoms. The molecule has 0 spiro atoms. The summed E-state index contributed by atoms with van der Waals surface area (Å²) in [5, 5.41) is 9.62. The number of aryl methyl sites for hydroxylation is 1. The first-order valence-corrected chi connectivity index (χ1v) is 6.20. The molecule has 0 unspecified atom stereocenters. The number of phenols is 1. The molecule has 0 heterocycles. The molecular weight excluding hydrogens is 216 g/mol. The Kier molecular flexibility index (Phi) is 3.52. The van der Waals surface area contributed by atoms with Gasteiger partial charge in [0.2, 0.25) is 0 Å². The lowest BCUT2D eigenvalue weighted by Gasteiger charge is -2.04. The number of benzene rings is 2. The fourth-order valence-electron chi connectivity index (χ4n) is 1.43. The summed E-state index contributed by atoms with van der Waals surface area (Å²) >= 11 is 1.74. The van der Waals surface area contributed by atoms with Crippen molar-refractivity contribution in [3.8, 4) is 5.75 Å². The van der Waals surface area contributed by atoms with Gasteiger partial charge in [-0.2, -0.15) is 0 Å². The normalized spacial score (nSPS) is 10.3. The molecule has 0 amide bonds. The van der Waals surface area contributed by atoms with Gasteiger partial charge in [-0.15, -0.1) is 11.8 Å². The molecule has 0 radical (unpaired) electrons. The minimum Gasteiger partial charge on any atom is -0.508 e. The maximum atomic E-state index is 9.62. The van der Waals surface area contributed by atoms with Gasteiger partial charge in [0.15, 0.2) is 0 Å². The van der Waals surface area contributed by atoms with Crippen molar-refractivity contribution in [1.82, 2.24) is 0 Å². The highest BCUT2D eigenvalue weighted by Gasteiger charge is 2.00. The second kappa shape index (κ2) is 5.08. The van der Waals surface area contributed by atoms with Gasteiger partial charge in [-0.05, 0) is 25.1 Å². The molecule has 16 heavy (non-hydrogen) atoms. The predicted octanol–water partition coefficient (Wildman–Crippen LogP) is 3.99. The average Bonchev–Trinajstić information content (AvgIpc) is 2.30. The minimum atomic E-state index is 0.377. The maximum absolute atomic E-state index is 9.62. The highest BCUT2D eigenvalue weighted by molar-refractivity contribution is 7.98. The Balaban J connectivity index is 2.02. The first-order valence-electron chi connectivity index (χ1n) is 5.22. The van der Waals surface area contributed by atoms with Crippen LogP contribution in [0.2, 0.25) is 0 Å². The number of thioether (sulfide) groups is 1.